The molecule has 23 heavy (non-hydrogen) atoms. The van der Waals surface area contributed by atoms with Crippen molar-refractivity contribution in [3.8, 4) is 22.8 Å². The summed E-state index contributed by atoms with van der Waals surface area (Å²) in [5.41, 5.74) is 7.68. The predicted molar refractivity (Wildman–Crippen MR) is 81.0 cm³/mol. The van der Waals surface area contributed by atoms with E-state index in [2.05, 4.69) is 30.6 Å². The highest BCUT2D eigenvalue weighted by atomic mass is 79.9. The monoisotopic (exact) mass is 391 g/mol. The van der Waals surface area contributed by atoms with Gasteiger partial charge in [-0.15, -0.1) is 13.2 Å². The summed E-state index contributed by atoms with van der Waals surface area (Å²) in [6.45, 7) is 1.89. The lowest BCUT2D eigenvalue weighted by molar-refractivity contribution is -0.274. The van der Waals surface area contributed by atoms with E-state index in [4.69, 9.17) is 10.5 Å². The summed E-state index contributed by atoms with van der Waals surface area (Å²) < 4.78 is 46.5. The second-order valence-corrected chi connectivity index (χ2v) is 5.26. The van der Waals surface area contributed by atoms with Crippen LogP contribution in [0, 0.1) is 6.92 Å². The van der Waals surface area contributed by atoms with E-state index in [0.29, 0.717) is 27.2 Å². The lowest BCUT2D eigenvalue weighted by atomic mass is 10.1. The maximum absolute atomic E-state index is 12.3. The highest BCUT2D eigenvalue weighted by molar-refractivity contribution is 9.10. The second-order valence-electron chi connectivity index (χ2n) is 4.51. The topological polar surface area (TPSA) is 70.3 Å². The highest BCUT2D eigenvalue weighted by Crippen LogP contribution is 2.35. The molecule has 0 spiro atoms. The zero-order valence-electron chi connectivity index (χ0n) is 12.2. The van der Waals surface area contributed by atoms with Gasteiger partial charge in [0.05, 0.1) is 24.2 Å². The Labute approximate surface area is 138 Å². The molecule has 0 bridgehead atoms. The zero-order valence-corrected chi connectivity index (χ0v) is 13.8. The Kier molecular flexibility index (Phi) is 5.10. The summed E-state index contributed by atoms with van der Waals surface area (Å²) in [5, 5.41) is 0. The number of alkyl halides is 3. The number of hydrogen-bond acceptors (Lipinski definition) is 5. The van der Waals surface area contributed by atoms with E-state index in [1.807, 2.05) is 0 Å². The SMILES string of the molecule is COc1cc(OC(F)(F)F)ccc1-c1nc(CN)c(Br)nc1C. The summed E-state index contributed by atoms with van der Waals surface area (Å²) in [7, 11) is 1.35. The predicted octanol–water partition coefficient (Wildman–Crippen LogP) is 3.58. The number of ether oxygens (including phenoxy) is 2. The van der Waals surface area contributed by atoms with Crippen LogP contribution in [0.5, 0.6) is 11.5 Å². The molecule has 0 saturated carbocycles. The third-order valence-corrected chi connectivity index (χ3v) is 3.58. The first-order chi connectivity index (χ1) is 10.7. The quantitative estimate of drug-likeness (QED) is 0.862. The number of methoxy groups -OCH3 is 1. The van der Waals surface area contributed by atoms with Crippen molar-refractivity contribution in [1.29, 1.82) is 0 Å². The first-order valence-electron chi connectivity index (χ1n) is 6.42. The molecule has 0 radical (unpaired) electrons. The van der Waals surface area contributed by atoms with E-state index < -0.39 is 6.36 Å². The maximum atomic E-state index is 12.3. The molecular formula is C14H13BrF3N3O2. The van der Waals surface area contributed by atoms with E-state index in [0.717, 1.165) is 6.07 Å². The molecule has 0 atom stereocenters. The molecule has 5 nitrogen and oxygen atoms in total. The fourth-order valence-electron chi connectivity index (χ4n) is 1.98. The van der Waals surface area contributed by atoms with Gasteiger partial charge in [0.1, 0.15) is 16.1 Å². The van der Waals surface area contributed by atoms with Crippen molar-refractivity contribution >= 4 is 15.9 Å². The Hall–Kier alpha value is -1.87. The molecule has 2 rings (SSSR count). The number of aromatic nitrogens is 2. The first-order valence-corrected chi connectivity index (χ1v) is 7.21. The van der Waals surface area contributed by atoms with E-state index in [1.54, 1.807) is 6.92 Å². The van der Waals surface area contributed by atoms with Crippen molar-refractivity contribution in [2.45, 2.75) is 19.8 Å². The fourth-order valence-corrected chi connectivity index (χ4v) is 2.49. The molecule has 2 N–H and O–H groups in total. The van der Waals surface area contributed by atoms with Gasteiger partial charge in [-0.1, -0.05) is 0 Å². The molecule has 0 aliphatic rings. The molecule has 1 aromatic carbocycles. The molecule has 0 amide bonds. The van der Waals surface area contributed by atoms with Crippen molar-refractivity contribution in [1.82, 2.24) is 9.97 Å². The first kappa shape index (κ1) is 17.5. The Morgan fingerprint density at radius 3 is 2.52 bits per heavy atom. The number of nitrogens with zero attached hydrogens (tertiary/aromatic N) is 2. The Bertz CT molecular complexity index is 723. The van der Waals surface area contributed by atoms with Gasteiger partial charge in [0, 0.05) is 18.2 Å². The van der Waals surface area contributed by atoms with Gasteiger partial charge >= 0.3 is 6.36 Å². The van der Waals surface area contributed by atoms with Gasteiger partial charge in [-0.05, 0) is 35.0 Å². The number of benzene rings is 1. The number of rotatable bonds is 4. The Morgan fingerprint density at radius 2 is 1.96 bits per heavy atom. The molecule has 1 heterocycles. The van der Waals surface area contributed by atoms with Crippen LogP contribution in [0.3, 0.4) is 0 Å². The van der Waals surface area contributed by atoms with Crippen LogP contribution in [0.4, 0.5) is 13.2 Å². The summed E-state index contributed by atoms with van der Waals surface area (Å²) in [6.07, 6.45) is -4.77. The minimum absolute atomic E-state index is 0.165. The van der Waals surface area contributed by atoms with Crippen LogP contribution in [0.15, 0.2) is 22.8 Å². The highest BCUT2D eigenvalue weighted by Gasteiger charge is 2.31. The molecule has 124 valence electrons. The zero-order chi connectivity index (χ0) is 17.2. The van der Waals surface area contributed by atoms with Gasteiger partial charge in [0.2, 0.25) is 0 Å². The van der Waals surface area contributed by atoms with Gasteiger partial charge in [-0.2, -0.15) is 0 Å². The summed E-state index contributed by atoms with van der Waals surface area (Å²) >= 11 is 3.26. The van der Waals surface area contributed by atoms with Crippen LogP contribution in [0.2, 0.25) is 0 Å². The van der Waals surface area contributed by atoms with Gasteiger partial charge in [-0.3, -0.25) is 0 Å². The average molecular weight is 392 g/mol. The van der Waals surface area contributed by atoms with Crippen molar-refractivity contribution in [2.24, 2.45) is 5.73 Å². The van der Waals surface area contributed by atoms with Crippen LogP contribution in [-0.2, 0) is 6.54 Å². The van der Waals surface area contributed by atoms with Crippen LogP contribution in [-0.4, -0.2) is 23.4 Å². The summed E-state index contributed by atoms with van der Waals surface area (Å²) in [5.74, 6) is -0.186. The van der Waals surface area contributed by atoms with Gasteiger partial charge < -0.3 is 15.2 Å². The summed E-state index contributed by atoms with van der Waals surface area (Å²) in [4.78, 5) is 8.68. The minimum Gasteiger partial charge on any atom is -0.496 e. The van der Waals surface area contributed by atoms with Gasteiger partial charge in [0.15, 0.2) is 0 Å². The fraction of sp³-hybridized carbons (Fsp3) is 0.286. The molecular weight excluding hydrogens is 379 g/mol. The molecule has 9 heteroatoms. The van der Waals surface area contributed by atoms with Crippen molar-refractivity contribution in [2.75, 3.05) is 7.11 Å². The number of nitrogens with two attached hydrogens (primary N) is 1. The lowest BCUT2D eigenvalue weighted by Gasteiger charge is -2.14. The molecule has 0 fully saturated rings. The van der Waals surface area contributed by atoms with E-state index in [9.17, 15) is 13.2 Å². The van der Waals surface area contributed by atoms with Crippen molar-refractivity contribution in [3.05, 3.63) is 34.2 Å². The standard InChI is InChI=1S/C14H13BrF3N3O2/c1-7-12(21-10(6-19)13(15)20-7)9-4-3-8(5-11(9)22-2)23-14(16,17)18/h3-5H,6,19H2,1-2H3. The Morgan fingerprint density at radius 1 is 1.26 bits per heavy atom. The van der Waals surface area contributed by atoms with Crippen molar-refractivity contribution < 1.29 is 22.6 Å². The molecule has 2 aromatic rings. The van der Waals surface area contributed by atoms with Crippen LogP contribution < -0.4 is 15.2 Å². The van der Waals surface area contributed by atoms with E-state index in [-0.39, 0.29) is 18.0 Å². The molecule has 0 saturated heterocycles. The van der Waals surface area contributed by atoms with Gasteiger partial charge in [0.25, 0.3) is 0 Å². The third-order valence-electron chi connectivity index (χ3n) is 2.95. The van der Waals surface area contributed by atoms with Gasteiger partial charge in [-0.25, -0.2) is 9.97 Å². The Balaban J connectivity index is 2.52. The normalized spacial score (nSPS) is 11.4. The summed E-state index contributed by atoms with van der Waals surface area (Å²) in [6, 6.07) is 3.77. The minimum atomic E-state index is -4.77. The van der Waals surface area contributed by atoms with Crippen molar-refractivity contribution in [3.63, 3.8) is 0 Å². The number of aryl methyl sites for hydroxylation is 1. The van der Waals surface area contributed by atoms with Crippen LogP contribution in [0.1, 0.15) is 11.4 Å². The number of hydrogen-bond donors (Lipinski definition) is 1. The second kappa shape index (κ2) is 6.71. The molecule has 1 aromatic heterocycles. The maximum Gasteiger partial charge on any atom is 0.573 e. The van der Waals surface area contributed by atoms with E-state index >= 15 is 0 Å². The van der Waals surface area contributed by atoms with E-state index in [1.165, 1.54) is 19.2 Å². The molecule has 0 unspecified atom stereocenters. The van der Waals surface area contributed by atoms with Crippen LogP contribution >= 0.6 is 15.9 Å². The average Bonchev–Trinajstić information content (AvgIpc) is 2.46. The third kappa shape index (κ3) is 4.11. The van der Waals surface area contributed by atoms with Crippen LogP contribution in [0.25, 0.3) is 11.3 Å². The largest absolute Gasteiger partial charge is 0.573 e. The molecule has 0 aliphatic heterocycles. The molecule has 0 aliphatic carbocycles. The lowest BCUT2D eigenvalue weighted by Crippen LogP contribution is -2.17. The number of halogens is 4. The smallest absolute Gasteiger partial charge is 0.496 e.